The molecule has 8 nitrogen and oxygen atoms in total. The Morgan fingerprint density at radius 1 is 1.08 bits per heavy atom. The number of urea groups is 1. The number of rotatable bonds is 6. The molecule has 1 heterocycles. The van der Waals surface area contributed by atoms with Crippen LogP contribution in [0.5, 0.6) is 5.88 Å². The van der Waals surface area contributed by atoms with E-state index in [0.717, 1.165) is 31.2 Å². The molecule has 0 unspecified atom stereocenters. The van der Waals surface area contributed by atoms with E-state index in [2.05, 4.69) is 15.6 Å². The lowest BCUT2D eigenvalue weighted by Gasteiger charge is -2.13. The predicted octanol–water partition coefficient (Wildman–Crippen LogP) is 5.50. The van der Waals surface area contributed by atoms with E-state index in [1.165, 1.54) is 24.3 Å². The molecule has 2 amide bonds. The van der Waals surface area contributed by atoms with Crippen LogP contribution < -0.4 is 14.8 Å². The maximum atomic E-state index is 12.9. The summed E-state index contributed by atoms with van der Waals surface area (Å²) in [5, 5.41) is 14.6. The zero-order valence-corrected chi connectivity index (χ0v) is 19.6. The standard InChI is InChI=1S/C24H19F3N4O4S/c1-36(33,34)35-22-20(13-28)19(12-21(31-22)15-5-6-15)14-7-9-17(10-8-14)29-23(32)30-18-4-2-3-16(11-18)24(25,26)27/h2-4,7-12,15H,5-6H2,1H3,(H2,29,30,32). The summed E-state index contributed by atoms with van der Waals surface area (Å²) in [7, 11) is -3.92. The van der Waals surface area contributed by atoms with Gasteiger partial charge in [0.15, 0.2) is 0 Å². The largest absolute Gasteiger partial charge is 0.416 e. The molecule has 0 saturated heterocycles. The van der Waals surface area contributed by atoms with E-state index < -0.39 is 27.9 Å². The third kappa shape index (κ3) is 6.11. The summed E-state index contributed by atoms with van der Waals surface area (Å²) in [6.45, 7) is 0. The number of alkyl halides is 3. The average molecular weight is 517 g/mol. The molecule has 1 fully saturated rings. The first-order chi connectivity index (χ1) is 16.9. The van der Waals surface area contributed by atoms with Crippen LogP contribution in [-0.4, -0.2) is 25.7 Å². The first-order valence-corrected chi connectivity index (χ1v) is 12.4. The van der Waals surface area contributed by atoms with E-state index in [1.807, 2.05) is 6.07 Å². The van der Waals surface area contributed by atoms with Gasteiger partial charge in [0.05, 0.1) is 11.8 Å². The number of hydrogen-bond acceptors (Lipinski definition) is 6. The van der Waals surface area contributed by atoms with Crippen molar-refractivity contribution in [2.75, 3.05) is 16.9 Å². The smallest absolute Gasteiger partial charge is 0.360 e. The number of anilines is 2. The minimum Gasteiger partial charge on any atom is -0.360 e. The van der Waals surface area contributed by atoms with Crippen molar-refractivity contribution in [1.29, 1.82) is 5.26 Å². The van der Waals surface area contributed by atoms with E-state index in [9.17, 15) is 31.6 Å². The molecule has 1 aromatic heterocycles. The second kappa shape index (κ2) is 9.50. The third-order valence-electron chi connectivity index (χ3n) is 5.25. The van der Waals surface area contributed by atoms with Crippen molar-refractivity contribution < 1.29 is 30.6 Å². The number of amides is 2. The number of aromatic nitrogens is 1. The molecule has 12 heteroatoms. The molecule has 2 aromatic carbocycles. The van der Waals surface area contributed by atoms with Crippen LogP contribution in [0.2, 0.25) is 0 Å². The number of nitriles is 1. The second-order valence-corrected chi connectivity index (χ2v) is 9.76. The van der Waals surface area contributed by atoms with Gasteiger partial charge in [-0.15, -0.1) is 0 Å². The highest BCUT2D eigenvalue weighted by molar-refractivity contribution is 7.86. The van der Waals surface area contributed by atoms with E-state index in [-0.39, 0.29) is 23.0 Å². The number of nitrogens with zero attached hydrogens (tertiary/aromatic N) is 2. The summed E-state index contributed by atoms with van der Waals surface area (Å²) < 4.78 is 67.0. The second-order valence-electron chi connectivity index (χ2n) is 8.18. The summed E-state index contributed by atoms with van der Waals surface area (Å²) in [5.74, 6) is -0.138. The zero-order chi connectivity index (χ0) is 26.1. The Hall–Kier alpha value is -4.11. The van der Waals surface area contributed by atoms with Crippen molar-refractivity contribution in [2.24, 2.45) is 0 Å². The molecule has 0 spiro atoms. The Kier molecular flexibility index (Phi) is 6.60. The first kappa shape index (κ1) is 25.0. The van der Waals surface area contributed by atoms with Gasteiger partial charge in [-0.1, -0.05) is 18.2 Å². The van der Waals surface area contributed by atoms with Crippen LogP contribution in [0.25, 0.3) is 11.1 Å². The minimum absolute atomic E-state index is 0.0274. The van der Waals surface area contributed by atoms with Gasteiger partial charge in [-0.25, -0.2) is 9.78 Å². The molecule has 0 radical (unpaired) electrons. The lowest BCUT2D eigenvalue weighted by molar-refractivity contribution is -0.137. The summed E-state index contributed by atoms with van der Waals surface area (Å²) in [6.07, 6.45) is -1.89. The molecule has 186 valence electrons. The van der Waals surface area contributed by atoms with Crippen LogP contribution in [0, 0.1) is 11.3 Å². The highest BCUT2D eigenvalue weighted by atomic mass is 32.2. The van der Waals surface area contributed by atoms with E-state index >= 15 is 0 Å². The van der Waals surface area contributed by atoms with Gasteiger partial charge in [0, 0.05) is 28.6 Å². The molecule has 0 aliphatic heterocycles. The van der Waals surface area contributed by atoms with Crippen molar-refractivity contribution in [3.05, 3.63) is 71.4 Å². The molecule has 36 heavy (non-hydrogen) atoms. The molecule has 4 rings (SSSR count). The van der Waals surface area contributed by atoms with Gasteiger partial charge in [-0.05, 0) is 54.8 Å². The highest BCUT2D eigenvalue weighted by Crippen LogP contribution is 2.42. The van der Waals surface area contributed by atoms with Gasteiger partial charge in [0.2, 0.25) is 0 Å². The SMILES string of the molecule is CS(=O)(=O)Oc1nc(C2CC2)cc(-c2ccc(NC(=O)Nc3cccc(C(F)(F)F)c3)cc2)c1C#N. The topological polar surface area (TPSA) is 121 Å². The lowest BCUT2D eigenvalue weighted by atomic mass is 9.99. The number of carbonyl (C=O) groups is 1. The van der Waals surface area contributed by atoms with Gasteiger partial charge < -0.3 is 14.8 Å². The molecule has 1 aliphatic rings. The number of halogens is 3. The van der Waals surface area contributed by atoms with Crippen molar-refractivity contribution in [1.82, 2.24) is 4.98 Å². The highest BCUT2D eigenvalue weighted by Gasteiger charge is 2.31. The van der Waals surface area contributed by atoms with Crippen LogP contribution in [0.3, 0.4) is 0 Å². The van der Waals surface area contributed by atoms with E-state index in [4.69, 9.17) is 4.18 Å². The number of pyridine rings is 1. The van der Waals surface area contributed by atoms with Gasteiger partial charge in [0.25, 0.3) is 5.88 Å². The number of nitrogens with one attached hydrogen (secondary N) is 2. The fourth-order valence-corrected chi connectivity index (χ4v) is 3.88. The summed E-state index contributed by atoms with van der Waals surface area (Å²) in [5.41, 5.74) is 0.968. The van der Waals surface area contributed by atoms with Gasteiger partial charge >= 0.3 is 22.3 Å². The molecule has 3 aromatic rings. The molecule has 1 aliphatic carbocycles. The van der Waals surface area contributed by atoms with Crippen molar-refractivity contribution in [2.45, 2.75) is 24.9 Å². The summed E-state index contributed by atoms with van der Waals surface area (Å²) in [4.78, 5) is 16.5. The number of hydrogen-bond donors (Lipinski definition) is 2. The Balaban J connectivity index is 1.55. The summed E-state index contributed by atoms with van der Waals surface area (Å²) >= 11 is 0. The van der Waals surface area contributed by atoms with Crippen molar-refractivity contribution in [3.8, 4) is 23.1 Å². The fraction of sp³-hybridized carbons (Fsp3) is 0.208. The average Bonchev–Trinajstić information content (AvgIpc) is 3.63. The van der Waals surface area contributed by atoms with Gasteiger partial charge in [0.1, 0.15) is 11.6 Å². The molecule has 2 N–H and O–H groups in total. The maximum absolute atomic E-state index is 12.9. The third-order valence-corrected chi connectivity index (χ3v) is 5.71. The zero-order valence-electron chi connectivity index (χ0n) is 18.8. The summed E-state index contributed by atoms with van der Waals surface area (Å²) in [6, 6.07) is 13.5. The van der Waals surface area contributed by atoms with Crippen LogP contribution in [-0.2, 0) is 16.3 Å². The minimum atomic E-state index is -4.54. The van der Waals surface area contributed by atoms with Crippen LogP contribution in [0.1, 0.15) is 35.6 Å². The predicted molar refractivity (Wildman–Crippen MR) is 126 cm³/mol. The Bertz CT molecular complexity index is 1460. The van der Waals surface area contributed by atoms with Crippen LogP contribution in [0.4, 0.5) is 29.3 Å². The maximum Gasteiger partial charge on any atom is 0.416 e. The first-order valence-electron chi connectivity index (χ1n) is 10.6. The quantitative estimate of drug-likeness (QED) is 0.418. The van der Waals surface area contributed by atoms with Crippen LogP contribution in [0.15, 0.2) is 54.6 Å². The van der Waals surface area contributed by atoms with Crippen LogP contribution >= 0.6 is 0 Å². The Labute approximate surface area is 204 Å². The van der Waals surface area contributed by atoms with E-state index in [1.54, 1.807) is 18.2 Å². The molecular weight excluding hydrogens is 497 g/mol. The number of carbonyl (C=O) groups excluding carboxylic acids is 1. The molecule has 0 bridgehead atoms. The Morgan fingerprint density at radius 2 is 1.75 bits per heavy atom. The molecule has 0 atom stereocenters. The molecular formula is C24H19F3N4O4S. The monoisotopic (exact) mass is 516 g/mol. The van der Waals surface area contributed by atoms with E-state index in [0.29, 0.717) is 22.5 Å². The molecule has 1 saturated carbocycles. The van der Waals surface area contributed by atoms with Crippen molar-refractivity contribution >= 4 is 27.5 Å². The normalized spacial score (nSPS) is 13.5. The Morgan fingerprint density at radius 3 is 2.33 bits per heavy atom. The van der Waals surface area contributed by atoms with Gasteiger partial charge in [-0.2, -0.15) is 26.9 Å². The lowest BCUT2D eigenvalue weighted by Crippen LogP contribution is -2.19. The van der Waals surface area contributed by atoms with Gasteiger partial charge in [-0.3, -0.25) is 0 Å². The number of benzene rings is 2. The van der Waals surface area contributed by atoms with Crippen molar-refractivity contribution in [3.63, 3.8) is 0 Å². The fourth-order valence-electron chi connectivity index (χ4n) is 3.47.